The van der Waals surface area contributed by atoms with Crippen LogP contribution in [0.25, 0.3) is 21.5 Å². The Morgan fingerprint density at radius 1 is 0.974 bits per heavy atom. The van der Waals surface area contributed by atoms with E-state index < -0.39 is 9.84 Å². The number of thiazole rings is 1. The van der Waals surface area contributed by atoms with Crippen LogP contribution in [-0.2, 0) is 23.0 Å². The summed E-state index contributed by atoms with van der Waals surface area (Å²) >= 11 is 1.54. The van der Waals surface area contributed by atoms with Gasteiger partial charge in [-0.3, -0.25) is 0 Å². The van der Waals surface area contributed by atoms with Crippen molar-refractivity contribution in [2.45, 2.75) is 13.2 Å². The average molecular weight is 546 g/mol. The summed E-state index contributed by atoms with van der Waals surface area (Å²) in [7, 11) is -2.98. The fraction of sp³-hybridized carbons (Fsp3) is 0.179. The van der Waals surface area contributed by atoms with Crippen molar-refractivity contribution >= 4 is 43.6 Å². The van der Waals surface area contributed by atoms with Crippen LogP contribution < -0.4 is 15.4 Å². The van der Waals surface area contributed by atoms with Crippen LogP contribution in [-0.4, -0.2) is 41.9 Å². The molecule has 0 bridgehead atoms. The third kappa shape index (κ3) is 6.91. The molecule has 0 fully saturated rings. The summed E-state index contributed by atoms with van der Waals surface area (Å²) in [4.78, 5) is 13.6. The molecule has 10 heteroatoms. The van der Waals surface area contributed by atoms with Crippen LogP contribution in [0.4, 0.5) is 11.5 Å². The number of anilines is 2. The molecule has 5 rings (SSSR count). The quantitative estimate of drug-likeness (QED) is 0.218. The maximum atomic E-state index is 11.3. The first-order valence-corrected chi connectivity index (χ1v) is 15.0. The van der Waals surface area contributed by atoms with Crippen LogP contribution in [0.1, 0.15) is 11.3 Å². The van der Waals surface area contributed by atoms with E-state index in [2.05, 4.69) is 20.6 Å². The fourth-order valence-corrected chi connectivity index (χ4v) is 5.13. The van der Waals surface area contributed by atoms with Crippen molar-refractivity contribution in [1.82, 2.24) is 20.3 Å². The van der Waals surface area contributed by atoms with Gasteiger partial charge in [-0.05, 0) is 48.0 Å². The van der Waals surface area contributed by atoms with Gasteiger partial charge in [-0.1, -0.05) is 30.3 Å². The summed E-state index contributed by atoms with van der Waals surface area (Å²) in [5, 5.41) is 10.3. The SMILES string of the molecule is CS(=O)(=O)CCNCc1csc(-c2ccc3ncnc(Nc4ccc(OCc5ccccc5)cc4)c3c2)n1. The second-order valence-corrected chi connectivity index (χ2v) is 11.9. The molecule has 0 saturated heterocycles. The topological polar surface area (TPSA) is 106 Å². The normalized spacial score (nSPS) is 11.5. The summed E-state index contributed by atoms with van der Waals surface area (Å²) in [6.07, 6.45) is 2.78. The van der Waals surface area contributed by atoms with Gasteiger partial charge < -0.3 is 15.4 Å². The van der Waals surface area contributed by atoms with Crippen molar-refractivity contribution in [3.8, 4) is 16.3 Å². The zero-order chi connectivity index (χ0) is 26.4. The van der Waals surface area contributed by atoms with Crippen LogP contribution >= 0.6 is 11.3 Å². The first-order chi connectivity index (χ1) is 18.4. The predicted octanol–water partition coefficient (Wildman–Crippen LogP) is 5.21. The first kappa shape index (κ1) is 25.8. The molecule has 2 heterocycles. The molecule has 2 aromatic heterocycles. The Labute approximate surface area is 225 Å². The first-order valence-electron chi connectivity index (χ1n) is 12.0. The highest BCUT2D eigenvalue weighted by molar-refractivity contribution is 7.90. The molecule has 0 spiro atoms. The highest BCUT2D eigenvalue weighted by Crippen LogP contribution is 2.30. The maximum absolute atomic E-state index is 11.3. The third-order valence-corrected chi connectivity index (χ3v) is 7.64. The van der Waals surface area contributed by atoms with Crippen LogP contribution in [0.2, 0.25) is 0 Å². The molecule has 0 aliphatic carbocycles. The van der Waals surface area contributed by atoms with E-state index in [1.54, 1.807) is 17.7 Å². The van der Waals surface area contributed by atoms with Gasteiger partial charge in [0.25, 0.3) is 0 Å². The molecular weight excluding hydrogens is 518 g/mol. The third-order valence-electron chi connectivity index (χ3n) is 5.76. The molecule has 3 aromatic carbocycles. The van der Waals surface area contributed by atoms with Gasteiger partial charge >= 0.3 is 0 Å². The molecular formula is C28H27N5O3S2. The summed E-state index contributed by atoms with van der Waals surface area (Å²) in [6.45, 7) is 1.43. The van der Waals surface area contributed by atoms with Crippen molar-refractivity contribution in [3.05, 3.63) is 95.8 Å². The molecule has 0 amide bonds. The lowest BCUT2D eigenvalue weighted by molar-refractivity contribution is 0.306. The van der Waals surface area contributed by atoms with Gasteiger partial charge in [0.15, 0.2) is 0 Å². The molecule has 0 atom stereocenters. The maximum Gasteiger partial charge on any atom is 0.148 e. The molecule has 0 saturated carbocycles. The van der Waals surface area contributed by atoms with Gasteiger partial charge in [0.05, 0.1) is 17.0 Å². The van der Waals surface area contributed by atoms with Crippen molar-refractivity contribution < 1.29 is 13.2 Å². The summed E-state index contributed by atoms with van der Waals surface area (Å²) in [6, 6.07) is 23.8. The van der Waals surface area contributed by atoms with Crippen molar-refractivity contribution in [2.75, 3.05) is 23.9 Å². The van der Waals surface area contributed by atoms with Gasteiger partial charge in [-0.25, -0.2) is 23.4 Å². The minimum atomic E-state index is -2.98. The zero-order valence-electron chi connectivity index (χ0n) is 20.8. The monoisotopic (exact) mass is 545 g/mol. The van der Waals surface area contributed by atoms with Crippen LogP contribution in [0, 0.1) is 0 Å². The number of fused-ring (bicyclic) bond motifs is 1. The van der Waals surface area contributed by atoms with Gasteiger partial charge in [0.1, 0.15) is 39.3 Å². The standard InChI is InChI=1S/C28H27N5O3S2/c1-38(34,35)14-13-29-16-23-18-37-28(33-23)21-7-12-26-25(15-21)27(31-19-30-26)32-22-8-10-24(11-9-22)36-17-20-5-3-2-4-6-20/h2-12,15,18-19,29H,13-14,16-17H2,1H3,(H,30,31,32). The molecule has 0 unspecified atom stereocenters. The molecule has 0 radical (unpaired) electrons. The second kappa shape index (κ2) is 11.7. The smallest absolute Gasteiger partial charge is 0.148 e. The zero-order valence-corrected chi connectivity index (χ0v) is 22.4. The van der Waals surface area contributed by atoms with Gasteiger partial charge in [0.2, 0.25) is 0 Å². The van der Waals surface area contributed by atoms with Gasteiger partial charge in [-0.2, -0.15) is 0 Å². The number of aromatic nitrogens is 3. The lowest BCUT2D eigenvalue weighted by Gasteiger charge is -2.11. The van der Waals surface area contributed by atoms with Crippen molar-refractivity contribution in [2.24, 2.45) is 0 Å². The molecule has 5 aromatic rings. The van der Waals surface area contributed by atoms with Crippen LogP contribution in [0.5, 0.6) is 5.75 Å². The van der Waals surface area contributed by atoms with Gasteiger partial charge in [-0.15, -0.1) is 11.3 Å². The number of nitrogens with zero attached hydrogens (tertiary/aromatic N) is 3. The number of nitrogens with one attached hydrogen (secondary N) is 2. The molecule has 8 nitrogen and oxygen atoms in total. The largest absolute Gasteiger partial charge is 0.489 e. The van der Waals surface area contributed by atoms with E-state index in [4.69, 9.17) is 9.72 Å². The summed E-state index contributed by atoms with van der Waals surface area (Å²) in [5.41, 5.74) is 4.67. The van der Waals surface area contributed by atoms with E-state index in [9.17, 15) is 8.42 Å². The Kier molecular flexibility index (Phi) is 7.92. The fourth-order valence-electron chi connectivity index (χ4n) is 3.80. The molecule has 0 aliphatic heterocycles. The minimum absolute atomic E-state index is 0.105. The van der Waals surface area contributed by atoms with Crippen LogP contribution in [0.15, 0.2) is 84.5 Å². The van der Waals surface area contributed by atoms with E-state index in [1.807, 2.05) is 78.2 Å². The average Bonchev–Trinajstić information content (AvgIpc) is 3.40. The lowest BCUT2D eigenvalue weighted by atomic mass is 10.1. The van der Waals surface area contributed by atoms with E-state index in [-0.39, 0.29) is 5.75 Å². The van der Waals surface area contributed by atoms with Crippen molar-refractivity contribution in [3.63, 3.8) is 0 Å². The second-order valence-electron chi connectivity index (χ2n) is 8.83. The lowest BCUT2D eigenvalue weighted by Crippen LogP contribution is -2.22. The Morgan fingerprint density at radius 3 is 2.58 bits per heavy atom. The number of sulfone groups is 1. The number of hydrogen-bond donors (Lipinski definition) is 2. The van der Waals surface area contributed by atoms with E-state index in [1.165, 1.54) is 6.26 Å². The number of rotatable bonds is 11. The molecule has 2 N–H and O–H groups in total. The number of hydrogen-bond acceptors (Lipinski definition) is 9. The number of ether oxygens (including phenoxy) is 1. The van der Waals surface area contributed by atoms with E-state index in [0.717, 1.165) is 44.2 Å². The predicted molar refractivity (Wildman–Crippen MR) is 153 cm³/mol. The number of benzene rings is 3. The Bertz CT molecular complexity index is 1620. The van der Waals surface area contributed by atoms with Crippen molar-refractivity contribution in [1.29, 1.82) is 0 Å². The van der Waals surface area contributed by atoms with Gasteiger partial charge in [0, 0.05) is 41.4 Å². The Hall–Kier alpha value is -3.86. The minimum Gasteiger partial charge on any atom is -0.489 e. The van der Waals surface area contributed by atoms with Crippen LogP contribution in [0.3, 0.4) is 0 Å². The Balaban J connectivity index is 1.27. The van der Waals surface area contributed by atoms with E-state index in [0.29, 0.717) is 25.5 Å². The highest BCUT2D eigenvalue weighted by atomic mass is 32.2. The molecule has 194 valence electrons. The molecule has 38 heavy (non-hydrogen) atoms. The Morgan fingerprint density at radius 2 is 1.79 bits per heavy atom. The van der Waals surface area contributed by atoms with E-state index >= 15 is 0 Å². The highest BCUT2D eigenvalue weighted by Gasteiger charge is 2.10. The summed E-state index contributed by atoms with van der Waals surface area (Å²) < 4.78 is 28.5. The summed E-state index contributed by atoms with van der Waals surface area (Å²) in [5.74, 6) is 1.60. The molecule has 0 aliphatic rings.